The van der Waals surface area contributed by atoms with Crippen molar-refractivity contribution in [2.75, 3.05) is 6.61 Å². The van der Waals surface area contributed by atoms with Crippen molar-refractivity contribution in [2.24, 2.45) is 5.73 Å². The first-order chi connectivity index (χ1) is 7.54. The van der Waals surface area contributed by atoms with E-state index in [-0.39, 0.29) is 0 Å². The molecule has 86 valence electrons. The van der Waals surface area contributed by atoms with Crippen LogP contribution < -0.4 is 10.5 Å². The molecule has 0 aliphatic heterocycles. The second kappa shape index (κ2) is 5.35. The number of nitrogens with two attached hydrogens (primary N) is 1. The first-order valence-electron chi connectivity index (χ1n) is 5.26. The van der Waals surface area contributed by atoms with Crippen molar-refractivity contribution in [3.63, 3.8) is 0 Å². The second-order valence-electron chi connectivity index (χ2n) is 3.64. The van der Waals surface area contributed by atoms with E-state index in [0.29, 0.717) is 6.61 Å². The van der Waals surface area contributed by atoms with Gasteiger partial charge in [0.1, 0.15) is 5.75 Å². The molecule has 0 saturated carbocycles. The maximum Gasteiger partial charge on any atom is 0.241 e. The lowest BCUT2D eigenvalue weighted by Gasteiger charge is -2.09. The number of primary amides is 1. The van der Waals surface area contributed by atoms with E-state index in [0.717, 1.165) is 22.4 Å². The predicted octanol–water partition coefficient (Wildman–Crippen LogP) is 2.20. The maximum absolute atomic E-state index is 10.7. The second-order valence-corrected chi connectivity index (χ2v) is 3.64. The van der Waals surface area contributed by atoms with Crippen molar-refractivity contribution in [2.45, 2.75) is 20.8 Å². The number of hydrogen-bond acceptors (Lipinski definition) is 2. The Hall–Kier alpha value is -1.77. The Kier molecular flexibility index (Phi) is 4.11. The summed E-state index contributed by atoms with van der Waals surface area (Å²) in [4.78, 5) is 10.7. The van der Waals surface area contributed by atoms with E-state index in [9.17, 15) is 4.79 Å². The summed E-state index contributed by atoms with van der Waals surface area (Å²) < 4.78 is 5.43. The highest BCUT2D eigenvalue weighted by molar-refractivity contribution is 5.90. The van der Waals surface area contributed by atoms with Crippen molar-refractivity contribution < 1.29 is 9.53 Å². The summed E-state index contributed by atoms with van der Waals surface area (Å²) in [6, 6.07) is 3.91. The minimum absolute atomic E-state index is 0.437. The number of carbonyl (C=O) groups excluding carboxylic acids is 1. The van der Waals surface area contributed by atoms with Crippen LogP contribution in [0.15, 0.2) is 18.2 Å². The normalized spacial score (nSPS) is 10.7. The molecular formula is C13H17NO2. The van der Waals surface area contributed by atoms with Gasteiger partial charge in [-0.05, 0) is 55.7 Å². The first kappa shape index (κ1) is 12.3. The average molecular weight is 219 g/mol. The van der Waals surface area contributed by atoms with Gasteiger partial charge in [-0.1, -0.05) is 0 Å². The number of hydrogen-bond donors (Lipinski definition) is 1. The van der Waals surface area contributed by atoms with Crippen molar-refractivity contribution in [1.29, 1.82) is 0 Å². The van der Waals surface area contributed by atoms with Gasteiger partial charge >= 0.3 is 0 Å². The van der Waals surface area contributed by atoms with E-state index < -0.39 is 5.91 Å². The molecule has 0 aromatic heterocycles. The molecule has 3 heteroatoms. The summed E-state index contributed by atoms with van der Waals surface area (Å²) >= 11 is 0. The highest BCUT2D eigenvalue weighted by atomic mass is 16.5. The molecule has 0 radical (unpaired) electrons. The van der Waals surface area contributed by atoms with E-state index in [2.05, 4.69) is 0 Å². The average Bonchev–Trinajstić information content (AvgIpc) is 2.16. The number of ether oxygens (including phenoxy) is 1. The Balaban J connectivity index is 3.07. The van der Waals surface area contributed by atoms with Crippen LogP contribution in [0.5, 0.6) is 5.75 Å². The Labute approximate surface area is 95.9 Å². The maximum atomic E-state index is 10.7. The lowest BCUT2D eigenvalue weighted by Crippen LogP contribution is -2.05. The van der Waals surface area contributed by atoms with Gasteiger partial charge in [0.05, 0.1) is 6.61 Å². The Bertz CT molecular complexity index is 399. The fraction of sp³-hybridized carbons (Fsp3) is 0.308. The molecule has 2 N–H and O–H groups in total. The molecule has 1 aromatic carbocycles. The molecule has 1 amide bonds. The van der Waals surface area contributed by atoms with Crippen LogP contribution >= 0.6 is 0 Å². The van der Waals surface area contributed by atoms with Crippen molar-refractivity contribution >= 4 is 12.0 Å². The van der Waals surface area contributed by atoms with Gasteiger partial charge in [0.2, 0.25) is 5.91 Å². The molecule has 0 spiro atoms. The van der Waals surface area contributed by atoms with Crippen LogP contribution in [-0.4, -0.2) is 12.5 Å². The largest absolute Gasteiger partial charge is 0.494 e. The predicted molar refractivity (Wildman–Crippen MR) is 65.3 cm³/mol. The van der Waals surface area contributed by atoms with Crippen molar-refractivity contribution in [1.82, 2.24) is 0 Å². The lowest BCUT2D eigenvalue weighted by molar-refractivity contribution is -0.113. The molecule has 3 nitrogen and oxygen atoms in total. The van der Waals surface area contributed by atoms with Crippen LogP contribution in [-0.2, 0) is 4.79 Å². The zero-order valence-electron chi connectivity index (χ0n) is 9.91. The third-order valence-electron chi connectivity index (χ3n) is 2.29. The summed E-state index contributed by atoms with van der Waals surface area (Å²) in [5.74, 6) is 0.418. The van der Waals surface area contributed by atoms with Crippen LogP contribution in [0, 0.1) is 13.8 Å². The number of carbonyl (C=O) groups is 1. The van der Waals surface area contributed by atoms with E-state index in [4.69, 9.17) is 10.5 Å². The van der Waals surface area contributed by atoms with Crippen LogP contribution in [0.4, 0.5) is 0 Å². The monoisotopic (exact) mass is 219 g/mol. The third kappa shape index (κ3) is 3.12. The van der Waals surface area contributed by atoms with Gasteiger partial charge in [0.25, 0.3) is 0 Å². The molecular weight excluding hydrogens is 202 g/mol. The Morgan fingerprint density at radius 2 is 1.94 bits per heavy atom. The topological polar surface area (TPSA) is 52.3 Å². The van der Waals surface area contributed by atoms with Gasteiger partial charge < -0.3 is 10.5 Å². The smallest absolute Gasteiger partial charge is 0.241 e. The quantitative estimate of drug-likeness (QED) is 0.789. The van der Waals surface area contributed by atoms with E-state index in [1.807, 2.05) is 32.9 Å². The van der Waals surface area contributed by atoms with Gasteiger partial charge in [-0.25, -0.2) is 0 Å². The van der Waals surface area contributed by atoms with Gasteiger partial charge in [-0.3, -0.25) is 4.79 Å². The summed E-state index contributed by atoms with van der Waals surface area (Å²) in [7, 11) is 0. The molecule has 0 fully saturated rings. The van der Waals surface area contributed by atoms with Crippen molar-refractivity contribution in [3.8, 4) is 5.75 Å². The Morgan fingerprint density at radius 3 is 2.38 bits per heavy atom. The molecule has 1 rings (SSSR count). The molecule has 0 atom stereocenters. The van der Waals surface area contributed by atoms with Gasteiger partial charge in [0.15, 0.2) is 0 Å². The standard InChI is InChI=1S/C13H17NO2/c1-4-16-11-7-9(2)12(10(3)8-11)5-6-13(14)15/h5-8H,4H2,1-3H3,(H2,14,15)/b6-5+. The van der Waals surface area contributed by atoms with Gasteiger partial charge in [-0.15, -0.1) is 0 Å². The summed E-state index contributed by atoms with van der Waals surface area (Å²) in [6.45, 7) is 6.56. The molecule has 16 heavy (non-hydrogen) atoms. The van der Waals surface area contributed by atoms with Gasteiger partial charge in [0, 0.05) is 6.08 Å². The third-order valence-corrected chi connectivity index (χ3v) is 2.29. The number of benzene rings is 1. The Morgan fingerprint density at radius 1 is 1.38 bits per heavy atom. The first-order valence-corrected chi connectivity index (χ1v) is 5.26. The SMILES string of the molecule is CCOc1cc(C)c(/C=C/C(N)=O)c(C)c1. The number of amides is 1. The van der Waals surface area contributed by atoms with Crippen LogP contribution in [0.1, 0.15) is 23.6 Å². The molecule has 0 heterocycles. The van der Waals surface area contributed by atoms with Crippen LogP contribution in [0.3, 0.4) is 0 Å². The van der Waals surface area contributed by atoms with Gasteiger partial charge in [-0.2, -0.15) is 0 Å². The summed E-state index contributed by atoms with van der Waals surface area (Å²) in [6.07, 6.45) is 3.11. The molecule has 0 unspecified atom stereocenters. The molecule has 0 aliphatic rings. The van der Waals surface area contributed by atoms with E-state index >= 15 is 0 Å². The van der Waals surface area contributed by atoms with E-state index in [1.54, 1.807) is 6.08 Å². The molecule has 0 saturated heterocycles. The summed E-state index contributed by atoms with van der Waals surface area (Å²) in [5, 5.41) is 0. The number of aryl methyl sites for hydroxylation is 2. The molecule has 0 aliphatic carbocycles. The lowest BCUT2D eigenvalue weighted by atomic mass is 10.0. The highest BCUT2D eigenvalue weighted by Gasteiger charge is 2.03. The van der Waals surface area contributed by atoms with Crippen LogP contribution in [0.25, 0.3) is 6.08 Å². The minimum atomic E-state index is -0.437. The van der Waals surface area contributed by atoms with Crippen molar-refractivity contribution in [3.05, 3.63) is 34.9 Å². The highest BCUT2D eigenvalue weighted by Crippen LogP contribution is 2.22. The minimum Gasteiger partial charge on any atom is -0.494 e. The summed E-state index contributed by atoms with van der Waals surface area (Å²) in [5.41, 5.74) is 8.22. The molecule has 1 aromatic rings. The van der Waals surface area contributed by atoms with Crippen LogP contribution in [0.2, 0.25) is 0 Å². The molecule has 0 bridgehead atoms. The fourth-order valence-electron chi connectivity index (χ4n) is 1.61. The van der Waals surface area contributed by atoms with E-state index in [1.165, 1.54) is 6.08 Å². The zero-order valence-corrected chi connectivity index (χ0v) is 9.91. The fourth-order valence-corrected chi connectivity index (χ4v) is 1.61. The number of rotatable bonds is 4. The zero-order chi connectivity index (χ0) is 12.1.